The van der Waals surface area contributed by atoms with Crippen LogP contribution in [-0.2, 0) is 0 Å². The lowest BCUT2D eigenvalue weighted by Gasteiger charge is -2.19. The minimum atomic E-state index is -0.281. The largest absolute Gasteiger partial charge is 0.393 e. The minimum Gasteiger partial charge on any atom is -0.393 e. The van der Waals surface area contributed by atoms with E-state index in [0.29, 0.717) is 5.95 Å². The summed E-state index contributed by atoms with van der Waals surface area (Å²) in [4.78, 5) is 10.6. The molecule has 17 heavy (non-hydrogen) atoms. The second-order valence-electron chi connectivity index (χ2n) is 4.22. The number of nitrogens with zero attached hydrogens (tertiary/aromatic N) is 3. The van der Waals surface area contributed by atoms with E-state index in [1.54, 1.807) is 13.1 Å². The number of aromatic nitrogens is 2. The fraction of sp³-hybridized carbons (Fsp3) is 0.667. The molecule has 5 heteroatoms. The van der Waals surface area contributed by atoms with E-state index in [-0.39, 0.29) is 6.10 Å². The van der Waals surface area contributed by atoms with Gasteiger partial charge in [-0.25, -0.2) is 4.98 Å². The first-order valence-corrected chi connectivity index (χ1v) is 6.09. The monoisotopic (exact) mass is 238 g/mol. The fourth-order valence-electron chi connectivity index (χ4n) is 1.38. The van der Waals surface area contributed by atoms with Gasteiger partial charge in [0.15, 0.2) is 0 Å². The first-order chi connectivity index (χ1) is 8.13. The SMILES string of the molecule is CCCNc1nccc(N(C)CCC(C)O)n1. The molecule has 1 rings (SSSR count). The predicted octanol–water partition coefficient (Wildman–Crippen LogP) is 1.51. The van der Waals surface area contributed by atoms with E-state index in [1.807, 2.05) is 18.0 Å². The maximum absolute atomic E-state index is 9.25. The van der Waals surface area contributed by atoms with E-state index in [0.717, 1.165) is 31.7 Å². The lowest BCUT2D eigenvalue weighted by atomic mass is 10.3. The van der Waals surface area contributed by atoms with Gasteiger partial charge in [0.2, 0.25) is 5.95 Å². The van der Waals surface area contributed by atoms with Gasteiger partial charge in [-0.05, 0) is 25.8 Å². The molecule has 0 amide bonds. The Labute approximate surface area is 103 Å². The highest BCUT2D eigenvalue weighted by atomic mass is 16.3. The van der Waals surface area contributed by atoms with Gasteiger partial charge in [0.25, 0.3) is 0 Å². The van der Waals surface area contributed by atoms with Crippen molar-refractivity contribution in [1.29, 1.82) is 0 Å². The third-order valence-electron chi connectivity index (χ3n) is 2.45. The fourth-order valence-corrected chi connectivity index (χ4v) is 1.38. The summed E-state index contributed by atoms with van der Waals surface area (Å²) in [7, 11) is 1.97. The summed E-state index contributed by atoms with van der Waals surface area (Å²) in [5.41, 5.74) is 0. The Bertz CT molecular complexity index is 330. The molecule has 0 saturated carbocycles. The van der Waals surface area contributed by atoms with Crippen LogP contribution in [0.5, 0.6) is 0 Å². The van der Waals surface area contributed by atoms with E-state index in [9.17, 15) is 5.11 Å². The Morgan fingerprint density at radius 2 is 2.29 bits per heavy atom. The van der Waals surface area contributed by atoms with Crippen molar-refractivity contribution in [3.63, 3.8) is 0 Å². The molecule has 2 N–H and O–H groups in total. The van der Waals surface area contributed by atoms with E-state index in [2.05, 4.69) is 22.2 Å². The highest BCUT2D eigenvalue weighted by molar-refractivity contribution is 5.41. The van der Waals surface area contributed by atoms with E-state index < -0.39 is 0 Å². The van der Waals surface area contributed by atoms with Crippen molar-refractivity contribution in [2.24, 2.45) is 0 Å². The van der Waals surface area contributed by atoms with Crippen LogP contribution in [0.3, 0.4) is 0 Å². The van der Waals surface area contributed by atoms with Crippen molar-refractivity contribution in [3.05, 3.63) is 12.3 Å². The molecule has 1 unspecified atom stereocenters. The molecule has 5 nitrogen and oxygen atoms in total. The average molecular weight is 238 g/mol. The van der Waals surface area contributed by atoms with E-state index in [1.165, 1.54) is 0 Å². The molecule has 0 aliphatic heterocycles. The number of rotatable bonds is 7. The number of aliphatic hydroxyl groups excluding tert-OH is 1. The molecule has 0 aromatic carbocycles. The van der Waals surface area contributed by atoms with Gasteiger partial charge in [-0.2, -0.15) is 4.98 Å². The number of anilines is 2. The molecular weight excluding hydrogens is 216 g/mol. The molecule has 1 heterocycles. The van der Waals surface area contributed by atoms with Crippen molar-refractivity contribution < 1.29 is 5.11 Å². The Kier molecular flexibility index (Phi) is 5.69. The molecule has 1 aromatic rings. The minimum absolute atomic E-state index is 0.281. The Morgan fingerprint density at radius 3 is 2.94 bits per heavy atom. The maximum Gasteiger partial charge on any atom is 0.224 e. The molecule has 0 radical (unpaired) electrons. The zero-order valence-electron chi connectivity index (χ0n) is 10.8. The number of hydrogen-bond acceptors (Lipinski definition) is 5. The van der Waals surface area contributed by atoms with Crippen LogP contribution in [-0.4, -0.2) is 41.3 Å². The molecule has 0 fully saturated rings. The van der Waals surface area contributed by atoms with Crippen molar-refractivity contribution in [3.8, 4) is 0 Å². The number of nitrogens with one attached hydrogen (secondary N) is 1. The molecule has 0 aliphatic rings. The van der Waals surface area contributed by atoms with Crippen LogP contribution < -0.4 is 10.2 Å². The van der Waals surface area contributed by atoms with Crippen molar-refractivity contribution in [1.82, 2.24) is 9.97 Å². The zero-order chi connectivity index (χ0) is 12.7. The third kappa shape index (κ3) is 4.99. The molecule has 0 spiro atoms. The first kappa shape index (κ1) is 13.7. The van der Waals surface area contributed by atoms with Gasteiger partial charge in [-0.1, -0.05) is 6.92 Å². The van der Waals surface area contributed by atoms with Gasteiger partial charge in [0.1, 0.15) is 5.82 Å². The summed E-state index contributed by atoms with van der Waals surface area (Å²) in [5.74, 6) is 1.53. The van der Waals surface area contributed by atoms with Crippen LogP contribution in [0.4, 0.5) is 11.8 Å². The smallest absolute Gasteiger partial charge is 0.224 e. The molecule has 96 valence electrons. The molecular formula is C12H22N4O. The highest BCUT2D eigenvalue weighted by Crippen LogP contribution is 2.11. The molecule has 1 atom stereocenters. The molecule has 0 saturated heterocycles. The van der Waals surface area contributed by atoms with Crippen molar-refractivity contribution in [2.45, 2.75) is 32.8 Å². The molecule has 0 aliphatic carbocycles. The summed E-state index contributed by atoms with van der Waals surface area (Å²) in [6, 6.07) is 1.87. The predicted molar refractivity (Wildman–Crippen MR) is 70.4 cm³/mol. The summed E-state index contributed by atoms with van der Waals surface area (Å²) >= 11 is 0. The lowest BCUT2D eigenvalue weighted by molar-refractivity contribution is 0.187. The van der Waals surface area contributed by atoms with Gasteiger partial charge in [-0.3, -0.25) is 0 Å². The van der Waals surface area contributed by atoms with Gasteiger partial charge >= 0.3 is 0 Å². The quantitative estimate of drug-likeness (QED) is 0.754. The first-order valence-electron chi connectivity index (χ1n) is 6.09. The standard InChI is InChI=1S/C12H22N4O/c1-4-7-13-12-14-8-5-11(15-12)16(3)9-6-10(2)17/h5,8,10,17H,4,6-7,9H2,1-3H3,(H,13,14,15). The van der Waals surface area contributed by atoms with Gasteiger partial charge in [0, 0.05) is 26.3 Å². The van der Waals surface area contributed by atoms with Crippen LogP contribution in [0.15, 0.2) is 12.3 Å². The zero-order valence-corrected chi connectivity index (χ0v) is 10.8. The maximum atomic E-state index is 9.25. The van der Waals surface area contributed by atoms with Gasteiger partial charge < -0.3 is 15.3 Å². The van der Waals surface area contributed by atoms with Crippen LogP contribution in [0.1, 0.15) is 26.7 Å². The van der Waals surface area contributed by atoms with Crippen molar-refractivity contribution in [2.75, 3.05) is 30.4 Å². The Balaban J connectivity index is 2.57. The van der Waals surface area contributed by atoms with E-state index >= 15 is 0 Å². The normalized spacial score (nSPS) is 12.2. The van der Waals surface area contributed by atoms with Crippen LogP contribution in [0.25, 0.3) is 0 Å². The summed E-state index contributed by atoms with van der Waals surface area (Å²) in [6.45, 7) is 5.55. The average Bonchev–Trinajstić information content (AvgIpc) is 2.33. The van der Waals surface area contributed by atoms with Crippen LogP contribution in [0, 0.1) is 0 Å². The van der Waals surface area contributed by atoms with Crippen LogP contribution >= 0.6 is 0 Å². The second kappa shape index (κ2) is 7.06. The van der Waals surface area contributed by atoms with Crippen LogP contribution in [0.2, 0.25) is 0 Å². The Morgan fingerprint density at radius 1 is 1.53 bits per heavy atom. The number of aliphatic hydroxyl groups is 1. The number of hydrogen-bond donors (Lipinski definition) is 2. The van der Waals surface area contributed by atoms with Crippen molar-refractivity contribution >= 4 is 11.8 Å². The molecule has 0 bridgehead atoms. The van der Waals surface area contributed by atoms with Gasteiger partial charge in [0.05, 0.1) is 6.10 Å². The van der Waals surface area contributed by atoms with Gasteiger partial charge in [-0.15, -0.1) is 0 Å². The second-order valence-corrected chi connectivity index (χ2v) is 4.22. The third-order valence-corrected chi connectivity index (χ3v) is 2.45. The Hall–Kier alpha value is -1.36. The molecule has 1 aromatic heterocycles. The van der Waals surface area contributed by atoms with E-state index in [4.69, 9.17) is 0 Å². The summed E-state index contributed by atoms with van der Waals surface area (Å²) in [6.07, 6.45) is 3.25. The topological polar surface area (TPSA) is 61.3 Å². The summed E-state index contributed by atoms with van der Waals surface area (Å²) in [5, 5.41) is 12.4. The highest BCUT2D eigenvalue weighted by Gasteiger charge is 2.05. The summed E-state index contributed by atoms with van der Waals surface area (Å²) < 4.78 is 0. The lowest BCUT2D eigenvalue weighted by Crippen LogP contribution is -2.23.